The lowest BCUT2D eigenvalue weighted by Gasteiger charge is -2.26. The highest BCUT2D eigenvalue weighted by Crippen LogP contribution is 2.28. The molecule has 0 amide bonds. The fourth-order valence-corrected chi connectivity index (χ4v) is 4.58. The quantitative estimate of drug-likeness (QED) is 0.910. The first kappa shape index (κ1) is 15.3. The number of carbonyl (C=O) groups is 2. The SMILES string of the molecule is O=C1C=C(NC2CCCCC2)C(=O)c2c1sc1ccccc1c2=O. The van der Waals surface area contributed by atoms with Gasteiger partial charge in [0.15, 0.2) is 11.2 Å². The highest BCUT2D eigenvalue weighted by atomic mass is 32.1. The number of nitrogens with one attached hydrogen (secondary N) is 1. The molecule has 2 aliphatic carbocycles. The molecule has 1 heterocycles. The van der Waals surface area contributed by atoms with Crippen LogP contribution in [0.3, 0.4) is 0 Å². The monoisotopic (exact) mass is 339 g/mol. The van der Waals surface area contributed by atoms with Gasteiger partial charge in [-0.1, -0.05) is 31.4 Å². The first-order valence-electron chi connectivity index (χ1n) is 8.28. The van der Waals surface area contributed by atoms with Crippen molar-refractivity contribution in [3.8, 4) is 0 Å². The molecular weight excluding hydrogens is 322 g/mol. The van der Waals surface area contributed by atoms with E-state index in [1.165, 1.54) is 23.8 Å². The van der Waals surface area contributed by atoms with Crippen LogP contribution in [-0.4, -0.2) is 17.6 Å². The Bertz CT molecular complexity index is 935. The van der Waals surface area contributed by atoms with Crippen LogP contribution in [0.15, 0.2) is 40.8 Å². The number of rotatable bonds is 2. The molecule has 0 aliphatic heterocycles. The van der Waals surface area contributed by atoms with Crippen LogP contribution in [0.1, 0.15) is 52.1 Å². The molecule has 2 aliphatic rings. The van der Waals surface area contributed by atoms with E-state index in [0.29, 0.717) is 5.39 Å². The highest BCUT2D eigenvalue weighted by molar-refractivity contribution is 7.20. The number of Topliss-reactive ketones (excluding diaryl/α,β-unsaturated/α-hetero) is 1. The van der Waals surface area contributed by atoms with Crippen molar-refractivity contribution in [3.05, 3.63) is 56.7 Å². The first-order valence-corrected chi connectivity index (χ1v) is 9.10. The molecule has 1 fully saturated rings. The standard InChI is InChI=1S/C19H17NO3S/c21-14-10-13(20-11-6-2-1-3-7-11)18(23)16-17(22)12-8-4-5-9-15(12)24-19(14)16/h4-5,8-11,20H,1-3,6-7H2. The molecule has 1 aromatic carbocycles. The predicted octanol–water partition coefficient (Wildman–Crippen LogP) is 3.45. The van der Waals surface area contributed by atoms with E-state index >= 15 is 0 Å². The summed E-state index contributed by atoms with van der Waals surface area (Å²) in [6, 6.07) is 7.32. The normalized spacial score (nSPS) is 18.4. The summed E-state index contributed by atoms with van der Waals surface area (Å²) >= 11 is 1.22. The summed E-state index contributed by atoms with van der Waals surface area (Å²) in [5, 5.41) is 3.71. The Kier molecular flexibility index (Phi) is 3.81. The van der Waals surface area contributed by atoms with Gasteiger partial charge in [0.1, 0.15) is 0 Å². The molecule has 1 saturated carbocycles. The molecule has 122 valence electrons. The second kappa shape index (κ2) is 5.98. The van der Waals surface area contributed by atoms with Gasteiger partial charge < -0.3 is 5.32 Å². The van der Waals surface area contributed by atoms with Crippen LogP contribution in [0.25, 0.3) is 10.1 Å². The Morgan fingerprint density at radius 1 is 1.00 bits per heavy atom. The molecule has 1 N–H and O–H groups in total. The van der Waals surface area contributed by atoms with E-state index in [1.807, 2.05) is 6.07 Å². The maximum atomic E-state index is 12.8. The van der Waals surface area contributed by atoms with Crippen LogP contribution in [0.5, 0.6) is 0 Å². The molecule has 0 spiro atoms. The van der Waals surface area contributed by atoms with Crippen molar-refractivity contribution in [1.82, 2.24) is 5.32 Å². The lowest BCUT2D eigenvalue weighted by molar-refractivity contribution is 0.0977. The van der Waals surface area contributed by atoms with Gasteiger partial charge in [0.05, 0.1) is 16.1 Å². The van der Waals surface area contributed by atoms with E-state index in [-0.39, 0.29) is 39.2 Å². The van der Waals surface area contributed by atoms with Crippen molar-refractivity contribution in [2.75, 3.05) is 0 Å². The van der Waals surface area contributed by atoms with Crippen molar-refractivity contribution in [3.63, 3.8) is 0 Å². The van der Waals surface area contributed by atoms with Gasteiger partial charge in [-0.15, -0.1) is 11.3 Å². The van der Waals surface area contributed by atoms with E-state index < -0.39 is 0 Å². The van der Waals surface area contributed by atoms with Crippen LogP contribution >= 0.6 is 11.3 Å². The number of fused-ring (bicyclic) bond motifs is 2. The summed E-state index contributed by atoms with van der Waals surface area (Å²) in [5.74, 6) is -0.599. The van der Waals surface area contributed by atoms with Crippen molar-refractivity contribution in [2.45, 2.75) is 38.1 Å². The smallest absolute Gasteiger partial charge is 0.214 e. The van der Waals surface area contributed by atoms with Gasteiger partial charge >= 0.3 is 0 Å². The number of carbonyl (C=O) groups excluding carboxylic acids is 2. The zero-order valence-electron chi connectivity index (χ0n) is 13.1. The molecule has 0 saturated heterocycles. The number of hydrogen-bond donors (Lipinski definition) is 1. The van der Waals surface area contributed by atoms with Crippen molar-refractivity contribution in [1.29, 1.82) is 0 Å². The number of allylic oxidation sites excluding steroid dienone is 2. The summed E-state index contributed by atoms with van der Waals surface area (Å²) in [6.07, 6.45) is 6.83. The molecule has 0 bridgehead atoms. The minimum absolute atomic E-state index is 0.0320. The zero-order valence-corrected chi connectivity index (χ0v) is 13.9. The maximum Gasteiger partial charge on any atom is 0.214 e. The van der Waals surface area contributed by atoms with Crippen LogP contribution in [0.2, 0.25) is 0 Å². The minimum Gasteiger partial charge on any atom is -0.379 e. The molecule has 5 heteroatoms. The van der Waals surface area contributed by atoms with E-state index in [9.17, 15) is 14.4 Å². The molecule has 2 aromatic rings. The van der Waals surface area contributed by atoms with Crippen LogP contribution in [0, 0.1) is 0 Å². The minimum atomic E-state index is -0.345. The van der Waals surface area contributed by atoms with Gasteiger partial charge in [-0.25, -0.2) is 0 Å². The third-order valence-electron chi connectivity index (χ3n) is 4.73. The molecule has 4 rings (SSSR count). The number of ketones is 2. The molecule has 0 radical (unpaired) electrons. The fourth-order valence-electron chi connectivity index (χ4n) is 3.49. The van der Waals surface area contributed by atoms with E-state index in [1.54, 1.807) is 18.2 Å². The van der Waals surface area contributed by atoms with E-state index in [4.69, 9.17) is 0 Å². The second-order valence-corrected chi connectivity index (χ2v) is 7.41. The Balaban J connectivity index is 1.78. The molecule has 0 unspecified atom stereocenters. The second-order valence-electron chi connectivity index (χ2n) is 6.36. The average Bonchev–Trinajstić information content (AvgIpc) is 2.60. The van der Waals surface area contributed by atoms with Crippen molar-refractivity contribution < 1.29 is 9.59 Å². The summed E-state index contributed by atoms with van der Waals surface area (Å²) in [4.78, 5) is 38.3. The predicted molar refractivity (Wildman–Crippen MR) is 94.8 cm³/mol. The van der Waals surface area contributed by atoms with Gasteiger partial charge in [-0.2, -0.15) is 0 Å². The Labute approximate surface area is 143 Å². The van der Waals surface area contributed by atoms with Crippen LogP contribution in [0.4, 0.5) is 0 Å². The number of hydrogen-bond acceptors (Lipinski definition) is 5. The van der Waals surface area contributed by atoms with Crippen molar-refractivity contribution in [2.24, 2.45) is 0 Å². The molecular formula is C19H17NO3S. The van der Waals surface area contributed by atoms with Gasteiger partial charge in [-0.05, 0) is 25.0 Å². The van der Waals surface area contributed by atoms with E-state index in [2.05, 4.69) is 5.32 Å². The molecule has 0 atom stereocenters. The third-order valence-corrected chi connectivity index (χ3v) is 5.92. The van der Waals surface area contributed by atoms with Crippen LogP contribution in [-0.2, 0) is 0 Å². The lowest BCUT2D eigenvalue weighted by Crippen LogP contribution is -2.37. The summed E-state index contributed by atoms with van der Waals surface area (Å²) in [7, 11) is 0. The largest absolute Gasteiger partial charge is 0.379 e. The molecule has 4 nitrogen and oxygen atoms in total. The maximum absolute atomic E-state index is 12.8. The third kappa shape index (κ3) is 2.49. The van der Waals surface area contributed by atoms with E-state index in [0.717, 1.165) is 30.4 Å². The summed E-state index contributed by atoms with van der Waals surface area (Å²) in [6.45, 7) is 0. The Morgan fingerprint density at radius 3 is 2.54 bits per heavy atom. The first-order chi connectivity index (χ1) is 11.6. The molecule has 24 heavy (non-hydrogen) atoms. The van der Waals surface area contributed by atoms with Gasteiger partial charge in [0.2, 0.25) is 5.78 Å². The topological polar surface area (TPSA) is 63.2 Å². The number of benzene rings is 1. The summed E-state index contributed by atoms with van der Waals surface area (Å²) < 4.78 is 0.736. The Morgan fingerprint density at radius 2 is 1.75 bits per heavy atom. The lowest BCUT2D eigenvalue weighted by atomic mass is 9.93. The highest BCUT2D eigenvalue weighted by Gasteiger charge is 2.31. The van der Waals surface area contributed by atoms with Gasteiger partial charge in [0, 0.05) is 22.2 Å². The van der Waals surface area contributed by atoms with Crippen molar-refractivity contribution >= 4 is 33.0 Å². The Hall–Kier alpha value is -2.27. The van der Waals surface area contributed by atoms with Crippen LogP contribution < -0.4 is 10.7 Å². The van der Waals surface area contributed by atoms with Gasteiger partial charge in [0.25, 0.3) is 0 Å². The zero-order chi connectivity index (χ0) is 16.7. The fraction of sp³-hybridized carbons (Fsp3) is 0.316. The van der Waals surface area contributed by atoms with Gasteiger partial charge in [-0.3, -0.25) is 14.4 Å². The average molecular weight is 339 g/mol. The molecule has 1 aromatic heterocycles. The summed E-state index contributed by atoms with van der Waals surface area (Å²) in [5.41, 5.74) is -0.0303.